The molecule has 0 unspecified atom stereocenters. The molecule has 1 aliphatic carbocycles. The number of rotatable bonds is 5. The summed E-state index contributed by atoms with van der Waals surface area (Å²) < 4.78 is 10.8. The monoisotopic (exact) mass is 415 g/mol. The maximum Gasteiger partial charge on any atom is 0.246 e. The molecule has 7 heteroatoms. The lowest BCUT2D eigenvalue weighted by atomic mass is 9.73. The van der Waals surface area contributed by atoms with E-state index in [1.807, 2.05) is 30.3 Å². The molecule has 0 N–H and O–H groups in total. The number of amides is 1. The van der Waals surface area contributed by atoms with Crippen LogP contribution in [0.3, 0.4) is 0 Å². The van der Waals surface area contributed by atoms with Crippen molar-refractivity contribution in [1.29, 1.82) is 0 Å². The quantitative estimate of drug-likeness (QED) is 0.738. The predicted molar refractivity (Wildman–Crippen MR) is 114 cm³/mol. The summed E-state index contributed by atoms with van der Waals surface area (Å²) in [5.74, 6) is 1.63. The number of pyridine rings is 1. The zero-order valence-electron chi connectivity index (χ0n) is 16.7. The second-order valence-electron chi connectivity index (χ2n) is 7.31. The van der Waals surface area contributed by atoms with Crippen LogP contribution in [0.4, 0.5) is 0 Å². The van der Waals surface area contributed by atoms with Crippen molar-refractivity contribution in [1.82, 2.24) is 9.99 Å². The number of carbonyl (C=O) groups is 1. The fraction of sp³-hybridized carbons (Fsp3) is 0.409. The molecule has 4 rings (SSSR count). The lowest BCUT2D eigenvalue weighted by molar-refractivity contribution is -0.139. The van der Waals surface area contributed by atoms with Crippen LogP contribution in [0.25, 0.3) is 0 Å². The summed E-state index contributed by atoms with van der Waals surface area (Å²) in [6, 6.07) is 9.71. The summed E-state index contributed by atoms with van der Waals surface area (Å²) in [7, 11) is 3.26. The molecule has 0 radical (unpaired) electrons. The minimum absolute atomic E-state index is 0. The summed E-state index contributed by atoms with van der Waals surface area (Å²) in [6.45, 7) is 0.437. The van der Waals surface area contributed by atoms with Crippen molar-refractivity contribution >= 4 is 24.0 Å². The summed E-state index contributed by atoms with van der Waals surface area (Å²) in [5, 5.41) is 6.44. The number of fused-ring (bicyclic) bond motifs is 1. The van der Waals surface area contributed by atoms with E-state index in [1.165, 1.54) is 0 Å². The summed E-state index contributed by atoms with van der Waals surface area (Å²) >= 11 is 0. The summed E-state index contributed by atoms with van der Waals surface area (Å²) in [5.41, 5.74) is 2.92. The van der Waals surface area contributed by atoms with Gasteiger partial charge in [0.15, 0.2) is 11.5 Å². The molecular formula is C22H26ClN3O3. The number of hydrazone groups is 1. The Kier molecular flexibility index (Phi) is 6.75. The molecule has 2 aromatic rings. The summed E-state index contributed by atoms with van der Waals surface area (Å²) in [6.07, 6.45) is 7.64. The van der Waals surface area contributed by atoms with E-state index in [9.17, 15) is 4.79 Å². The normalized spacial score (nSPS) is 21.0. The first kappa shape index (κ1) is 21.1. The molecule has 29 heavy (non-hydrogen) atoms. The third-order valence-corrected chi connectivity index (χ3v) is 5.65. The highest BCUT2D eigenvalue weighted by atomic mass is 35.5. The number of ether oxygens (including phenoxy) is 2. The van der Waals surface area contributed by atoms with Gasteiger partial charge in [0.05, 0.1) is 26.5 Å². The van der Waals surface area contributed by atoms with Crippen molar-refractivity contribution < 1.29 is 14.3 Å². The minimum atomic E-state index is -0.00832. The Morgan fingerprint density at radius 3 is 2.52 bits per heavy atom. The first-order valence-electron chi connectivity index (χ1n) is 9.72. The molecule has 1 aromatic carbocycles. The van der Waals surface area contributed by atoms with Crippen LogP contribution in [-0.2, 0) is 11.3 Å². The molecular weight excluding hydrogens is 390 g/mol. The highest BCUT2D eigenvalue weighted by Crippen LogP contribution is 2.39. The van der Waals surface area contributed by atoms with E-state index in [1.54, 1.807) is 31.6 Å². The average molecular weight is 416 g/mol. The molecule has 1 amide bonds. The van der Waals surface area contributed by atoms with Crippen molar-refractivity contribution in [3.63, 3.8) is 0 Å². The van der Waals surface area contributed by atoms with Crippen molar-refractivity contribution in [2.45, 2.75) is 32.2 Å². The van der Waals surface area contributed by atoms with Crippen molar-refractivity contribution in [2.24, 2.45) is 16.9 Å². The van der Waals surface area contributed by atoms with Crippen LogP contribution in [0, 0.1) is 11.8 Å². The Labute approximate surface area is 177 Å². The van der Waals surface area contributed by atoms with Gasteiger partial charge in [-0.15, -0.1) is 12.4 Å². The van der Waals surface area contributed by atoms with Crippen LogP contribution >= 0.6 is 12.4 Å². The smallest absolute Gasteiger partial charge is 0.246 e. The van der Waals surface area contributed by atoms with Gasteiger partial charge in [-0.3, -0.25) is 9.78 Å². The largest absolute Gasteiger partial charge is 0.493 e. The van der Waals surface area contributed by atoms with Gasteiger partial charge >= 0.3 is 0 Å². The second kappa shape index (κ2) is 9.27. The molecule has 0 bridgehead atoms. The van der Waals surface area contributed by atoms with E-state index in [-0.39, 0.29) is 30.2 Å². The van der Waals surface area contributed by atoms with E-state index in [0.717, 1.165) is 42.5 Å². The molecule has 0 saturated heterocycles. The van der Waals surface area contributed by atoms with E-state index in [0.29, 0.717) is 18.0 Å². The Balaban J connectivity index is 0.00000240. The van der Waals surface area contributed by atoms with Crippen LogP contribution in [0.1, 0.15) is 36.8 Å². The van der Waals surface area contributed by atoms with Gasteiger partial charge < -0.3 is 9.47 Å². The molecule has 6 nitrogen and oxygen atoms in total. The molecule has 2 heterocycles. The van der Waals surface area contributed by atoms with Crippen molar-refractivity contribution in [2.75, 3.05) is 14.2 Å². The number of halogens is 1. The lowest BCUT2D eigenvalue weighted by Crippen LogP contribution is -2.45. The number of carbonyl (C=O) groups excluding carboxylic acids is 1. The van der Waals surface area contributed by atoms with Gasteiger partial charge in [-0.25, -0.2) is 5.01 Å². The number of hydrogen-bond acceptors (Lipinski definition) is 5. The van der Waals surface area contributed by atoms with Gasteiger partial charge in [-0.1, -0.05) is 18.9 Å². The predicted octanol–water partition coefficient (Wildman–Crippen LogP) is 4.07. The van der Waals surface area contributed by atoms with Gasteiger partial charge in [0.2, 0.25) is 5.91 Å². The van der Waals surface area contributed by atoms with E-state index in [4.69, 9.17) is 14.6 Å². The Morgan fingerprint density at radius 1 is 1.07 bits per heavy atom. The molecule has 1 aromatic heterocycles. The van der Waals surface area contributed by atoms with E-state index >= 15 is 0 Å². The molecule has 2 atom stereocenters. The highest BCUT2D eigenvalue weighted by molar-refractivity contribution is 6.07. The fourth-order valence-electron chi connectivity index (χ4n) is 4.24. The van der Waals surface area contributed by atoms with E-state index in [2.05, 4.69) is 4.98 Å². The van der Waals surface area contributed by atoms with Gasteiger partial charge in [0.1, 0.15) is 0 Å². The second-order valence-corrected chi connectivity index (χ2v) is 7.31. The molecule has 2 aliphatic rings. The first-order chi connectivity index (χ1) is 13.7. The average Bonchev–Trinajstić information content (AvgIpc) is 2.76. The van der Waals surface area contributed by atoms with Crippen LogP contribution < -0.4 is 9.47 Å². The van der Waals surface area contributed by atoms with Crippen molar-refractivity contribution in [3.8, 4) is 11.5 Å². The van der Waals surface area contributed by atoms with Crippen LogP contribution in [0.5, 0.6) is 11.5 Å². The topological polar surface area (TPSA) is 64.0 Å². The van der Waals surface area contributed by atoms with E-state index < -0.39 is 0 Å². The zero-order chi connectivity index (χ0) is 19.5. The Bertz CT molecular complexity index is 888. The number of benzene rings is 1. The maximum atomic E-state index is 13.1. The molecule has 1 fully saturated rings. The lowest BCUT2D eigenvalue weighted by Gasteiger charge is -2.38. The summed E-state index contributed by atoms with van der Waals surface area (Å²) in [4.78, 5) is 17.3. The standard InChI is InChI=1S/C22H25N3O3.ClH/c1-27-19-10-9-16(12-20(19)28-2)21-17-7-3-4-8-18(17)22(26)25(24-21)14-15-6-5-11-23-13-15;/h5-6,9-13,17-18H,3-4,7-8,14H2,1-2H3;1H/t17-,18+;/m0./s1. The fourth-order valence-corrected chi connectivity index (χ4v) is 4.24. The van der Waals surface area contributed by atoms with Crippen LogP contribution in [-0.4, -0.2) is 35.8 Å². The maximum absolute atomic E-state index is 13.1. The number of methoxy groups -OCH3 is 2. The Hall–Kier alpha value is -2.60. The van der Waals surface area contributed by atoms with Gasteiger partial charge in [0, 0.05) is 29.8 Å². The number of aromatic nitrogens is 1. The van der Waals surface area contributed by atoms with Gasteiger partial charge in [-0.2, -0.15) is 5.10 Å². The number of nitrogens with zero attached hydrogens (tertiary/aromatic N) is 3. The molecule has 1 aliphatic heterocycles. The minimum Gasteiger partial charge on any atom is -0.493 e. The molecule has 0 spiro atoms. The third kappa shape index (κ3) is 4.22. The molecule has 154 valence electrons. The van der Waals surface area contributed by atoms with Crippen molar-refractivity contribution in [3.05, 3.63) is 53.9 Å². The van der Waals surface area contributed by atoms with Gasteiger partial charge in [0.25, 0.3) is 0 Å². The Morgan fingerprint density at radius 2 is 1.83 bits per heavy atom. The SMILES string of the molecule is COc1ccc(C2=NN(Cc3cccnc3)C(=O)[C@@H]3CCCC[C@H]23)cc1OC.Cl. The zero-order valence-corrected chi connectivity index (χ0v) is 17.5. The molecule has 1 saturated carbocycles. The van der Waals surface area contributed by atoms with Crippen LogP contribution in [0.15, 0.2) is 47.8 Å². The third-order valence-electron chi connectivity index (χ3n) is 5.65. The van der Waals surface area contributed by atoms with Crippen LogP contribution in [0.2, 0.25) is 0 Å². The first-order valence-corrected chi connectivity index (χ1v) is 9.72. The number of hydrogen-bond donors (Lipinski definition) is 0. The van der Waals surface area contributed by atoms with Gasteiger partial charge in [-0.05, 0) is 42.7 Å². The highest BCUT2D eigenvalue weighted by Gasteiger charge is 2.41.